The van der Waals surface area contributed by atoms with Crippen molar-refractivity contribution >= 4 is 17.0 Å². The Balaban J connectivity index is 3.25. The highest BCUT2D eigenvalue weighted by molar-refractivity contribution is 7.84. The molecule has 1 rings (SSSR count). The van der Waals surface area contributed by atoms with E-state index in [1.165, 1.54) is 26.8 Å². The minimum atomic E-state index is -4.24. The van der Waals surface area contributed by atoms with Crippen molar-refractivity contribution in [2.45, 2.75) is 37.5 Å². The van der Waals surface area contributed by atoms with Gasteiger partial charge >= 0.3 is 11.9 Å². The Morgan fingerprint density at radius 1 is 1.33 bits per heavy atom. The van der Waals surface area contributed by atoms with Gasteiger partial charge < -0.3 is 5.11 Å². The molecule has 0 heterocycles. The van der Waals surface area contributed by atoms with Crippen molar-refractivity contribution < 1.29 is 27.3 Å². The van der Waals surface area contributed by atoms with Gasteiger partial charge in [-0.1, -0.05) is 12.1 Å². The zero-order valence-corrected chi connectivity index (χ0v) is 12.5. The van der Waals surface area contributed by atoms with E-state index < -0.39 is 39.5 Å². The lowest BCUT2D eigenvalue weighted by molar-refractivity contribution is -0.168. The number of carbonyl (C=O) groups is 1. The van der Waals surface area contributed by atoms with Gasteiger partial charge in [-0.3, -0.25) is 0 Å². The van der Waals surface area contributed by atoms with Crippen LogP contribution in [0, 0.1) is 5.82 Å². The summed E-state index contributed by atoms with van der Waals surface area (Å²) < 4.78 is 54.1. The molecule has 0 aromatic heterocycles. The summed E-state index contributed by atoms with van der Waals surface area (Å²) in [7, 11) is -1.95. The molecule has 0 spiro atoms. The third-order valence-corrected chi connectivity index (χ3v) is 4.17. The highest BCUT2D eigenvalue weighted by Gasteiger charge is 2.49. The molecule has 0 aliphatic heterocycles. The lowest BCUT2D eigenvalue weighted by atomic mass is 10.0. The van der Waals surface area contributed by atoms with Crippen LogP contribution in [0.25, 0.3) is 0 Å². The van der Waals surface area contributed by atoms with Crippen molar-refractivity contribution in [2.75, 3.05) is 0 Å². The van der Waals surface area contributed by atoms with Gasteiger partial charge in [0.1, 0.15) is 11.9 Å². The minimum absolute atomic E-state index is 0.292. The van der Waals surface area contributed by atoms with E-state index in [9.17, 15) is 22.2 Å². The van der Waals surface area contributed by atoms with Crippen LogP contribution in [0.2, 0.25) is 0 Å². The second-order valence-corrected chi connectivity index (χ2v) is 7.41. The summed E-state index contributed by atoms with van der Waals surface area (Å²) in [6.07, 6.45) is 0. The van der Waals surface area contributed by atoms with Gasteiger partial charge in [0.05, 0.1) is 15.7 Å². The molecule has 0 aliphatic rings. The first-order chi connectivity index (χ1) is 9.46. The van der Waals surface area contributed by atoms with E-state index in [1.807, 2.05) is 0 Å². The number of nitrogens with one attached hydrogen (secondary N) is 1. The molecule has 0 amide bonds. The van der Waals surface area contributed by atoms with Crippen molar-refractivity contribution in [3.05, 3.63) is 35.6 Å². The summed E-state index contributed by atoms with van der Waals surface area (Å²) in [6, 6.07) is 2.05. The second kappa shape index (κ2) is 6.15. The Labute approximate surface area is 122 Å². The molecule has 8 heteroatoms. The molecule has 2 atom stereocenters. The van der Waals surface area contributed by atoms with Crippen molar-refractivity contribution in [3.8, 4) is 0 Å². The number of benzene rings is 1. The predicted molar refractivity (Wildman–Crippen MR) is 72.8 cm³/mol. The van der Waals surface area contributed by atoms with E-state index in [0.717, 1.165) is 18.2 Å². The van der Waals surface area contributed by atoms with Crippen molar-refractivity contribution in [1.29, 1.82) is 0 Å². The first-order valence-electron chi connectivity index (χ1n) is 6.01. The van der Waals surface area contributed by atoms with Crippen molar-refractivity contribution in [3.63, 3.8) is 0 Å². The highest BCUT2D eigenvalue weighted by atomic mass is 32.2. The predicted octanol–water partition coefficient (Wildman–Crippen LogP) is 2.64. The lowest BCUT2D eigenvalue weighted by Gasteiger charge is -2.28. The summed E-state index contributed by atoms with van der Waals surface area (Å²) in [5.74, 6) is -7.41. The van der Waals surface area contributed by atoms with Crippen LogP contribution in [-0.4, -0.2) is 26.0 Å². The zero-order valence-electron chi connectivity index (χ0n) is 11.7. The summed E-state index contributed by atoms with van der Waals surface area (Å²) in [4.78, 5) is 10.8. The number of carboxylic acid groups (broad SMARTS) is 1. The molecule has 21 heavy (non-hydrogen) atoms. The molecule has 0 fully saturated rings. The third kappa shape index (κ3) is 4.28. The normalized spacial score (nSPS) is 15.5. The fourth-order valence-electron chi connectivity index (χ4n) is 1.44. The lowest BCUT2D eigenvalue weighted by Crippen LogP contribution is -2.47. The Hall–Kier alpha value is -1.41. The number of alkyl halides is 2. The fourth-order valence-corrected chi connectivity index (χ4v) is 2.30. The van der Waals surface area contributed by atoms with Gasteiger partial charge in [-0.25, -0.2) is 18.1 Å². The van der Waals surface area contributed by atoms with Crippen LogP contribution in [0.5, 0.6) is 0 Å². The van der Waals surface area contributed by atoms with Crippen molar-refractivity contribution in [1.82, 2.24) is 4.72 Å². The molecule has 2 N–H and O–H groups in total. The van der Waals surface area contributed by atoms with E-state index in [2.05, 4.69) is 4.72 Å². The maximum Gasteiger partial charge on any atom is 0.376 e. The van der Waals surface area contributed by atoms with Gasteiger partial charge in [-0.2, -0.15) is 8.78 Å². The first kappa shape index (κ1) is 17.6. The van der Waals surface area contributed by atoms with Crippen LogP contribution >= 0.6 is 0 Å². The average Bonchev–Trinajstić information content (AvgIpc) is 2.33. The molecule has 0 bridgehead atoms. The molecular formula is C13H16F3NO3S. The van der Waals surface area contributed by atoms with Gasteiger partial charge in [0.2, 0.25) is 0 Å². The van der Waals surface area contributed by atoms with E-state index in [1.54, 1.807) is 0 Å². The molecule has 4 nitrogen and oxygen atoms in total. The first-order valence-corrected chi connectivity index (χ1v) is 7.16. The fraction of sp³-hybridized carbons (Fsp3) is 0.462. The van der Waals surface area contributed by atoms with Crippen LogP contribution in [0.1, 0.15) is 32.4 Å². The van der Waals surface area contributed by atoms with Crippen LogP contribution < -0.4 is 4.72 Å². The number of hydrogen-bond acceptors (Lipinski definition) is 2. The Morgan fingerprint density at radius 3 is 2.33 bits per heavy atom. The smallest absolute Gasteiger partial charge is 0.376 e. The second-order valence-electron chi connectivity index (χ2n) is 5.42. The maximum atomic E-state index is 13.9. The highest BCUT2D eigenvalue weighted by Crippen LogP contribution is 2.33. The standard InChI is InChI=1S/C13H16F3NO3S/c1-12(2,3)21(20)17-10(13(15,16)11(18)19)8-5-4-6-9(14)7-8/h4-7,10,17H,1-3H3,(H,18,19)/t10-,21+/m0/s1. The molecule has 0 unspecified atom stereocenters. The summed E-state index contributed by atoms with van der Waals surface area (Å²) in [6.45, 7) is 4.62. The monoisotopic (exact) mass is 323 g/mol. The Kier molecular flexibility index (Phi) is 5.16. The molecule has 1 aromatic carbocycles. The van der Waals surface area contributed by atoms with Gasteiger partial charge in [0, 0.05) is 0 Å². The molecule has 0 radical (unpaired) electrons. The molecule has 0 saturated carbocycles. The number of carboxylic acids is 1. The quantitative estimate of drug-likeness (QED) is 0.875. The van der Waals surface area contributed by atoms with E-state index in [4.69, 9.17) is 5.11 Å². The largest absolute Gasteiger partial charge is 0.477 e. The van der Waals surface area contributed by atoms with E-state index in [0.29, 0.717) is 0 Å². The van der Waals surface area contributed by atoms with Crippen LogP contribution in [0.3, 0.4) is 0 Å². The van der Waals surface area contributed by atoms with Crippen LogP contribution in [0.15, 0.2) is 24.3 Å². The maximum absolute atomic E-state index is 13.9. The molecular weight excluding hydrogens is 307 g/mol. The van der Waals surface area contributed by atoms with Gasteiger partial charge in [-0.15, -0.1) is 0 Å². The van der Waals surface area contributed by atoms with Crippen molar-refractivity contribution in [2.24, 2.45) is 0 Å². The number of halogens is 3. The van der Waals surface area contributed by atoms with Crippen LogP contribution in [0.4, 0.5) is 13.2 Å². The van der Waals surface area contributed by atoms with Gasteiger partial charge in [0.15, 0.2) is 0 Å². The van der Waals surface area contributed by atoms with Gasteiger partial charge in [-0.05, 0) is 38.5 Å². The topological polar surface area (TPSA) is 66.4 Å². The number of hydrogen-bond donors (Lipinski definition) is 2. The number of rotatable bonds is 5. The van der Waals surface area contributed by atoms with E-state index >= 15 is 0 Å². The average molecular weight is 323 g/mol. The third-order valence-electron chi connectivity index (χ3n) is 2.61. The molecule has 118 valence electrons. The van der Waals surface area contributed by atoms with Crippen LogP contribution in [-0.2, 0) is 15.8 Å². The summed E-state index contributed by atoms with van der Waals surface area (Å²) in [5, 5.41) is 8.68. The number of aliphatic carboxylic acids is 1. The SMILES string of the molecule is CC(C)(C)[S@@](=O)N[C@@H](c1cccc(F)c1)C(F)(F)C(=O)O. The van der Waals surface area contributed by atoms with E-state index in [-0.39, 0.29) is 5.56 Å². The molecule has 1 aromatic rings. The minimum Gasteiger partial charge on any atom is -0.477 e. The Morgan fingerprint density at radius 2 is 1.90 bits per heavy atom. The molecule has 0 aliphatic carbocycles. The Bertz CT molecular complexity index is 558. The summed E-state index contributed by atoms with van der Waals surface area (Å²) >= 11 is 0. The zero-order chi connectivity index (χ0) is 16.4. The molecule has 0 saturated heterocycles. The van der Waals surface area contributed by atoms with Gasteiger partial charge in [0.25, 0.3) is 0 Å². The summed E-state index contributed by atoms with van der Waals surface area (Å²) in [5.41, 5.74) is -0.292.